The van der Waals surface area contributed by atoms with E-state index in [9.17, 15) is 9.59 Å². The minimum Gasteiger partial charge on any atom is -0.354 e. The third-order valence-electron chi connectivity index (χ3n) is 5.22. The van der Waals surface area contributed by atoms with E-state index in [2.05, 4.69) is 36.1 Å². The molecule has 0 fully saturated rings. The maximum Gasteiger partial charge on any atom is 0.332 e. The number of fused-ring (bicyclic) bond motifs is 1. The number of amidine groups is 1. The zero-order valence-corrected chi connectivity index (χ0v) is 22.0. The minimum absolute atomic E-state index is 0.256. The second-order valence-electron chi connectivity index (χ2n) is 8.06. The lowest BCUT2D eigenvalue weighted by Gasteiger charge is -2.24. The Balaban J connectivity index is 0.00000129. The van der Waals surface area contributed by atoms with E-state index in [0.29, 0.717) is 37.0 Å². The van der Waals surface area contributed by atoms with Crippen molar-refractivity contribution in [3.63, 3.8) is 0 Å². The number of aliphatic imine (C=N–C) groups is 1. The minimum atomic E-state index is -0.283. The largest absolute Gasteiger partial charge is 0.354 e. The fraction of sp³-hybridized carbons (Fsp3) is 0.480. The highest BCUT2D eigenvalue weighted by Crippen LogP contribution is 2.32. The molecular formula is C25H38N6O2S. The van der Waals surface area contributed by atoms with Crippen LogP contribution in [-0.4, -0.2) is 28.2 Å². The first-order valence-electron chi connectivity index (χ1n) is 11.8. The fourth-order valence-corrected chi connectivity index (χ4v) is 4.29. The smallest absolute Gasteiger partial charge is 0.332 e. The van der Waals surface area contributed by atoms with Gasteiger partial charge in [-0.05, 0) is 43.4 Å². The Hall–Kier alpha value is -3.07. The third kappa shape index (κ3) is 6.08. The number of aromatic nitrogens is 2. The fourth-order valence-electron chi connectivity index (χ4n) is 3.66. The first-order chi connectivity index (χ1) is 16.3. The van der Waals surface area contributed by atoms with Crippen LogP contribution in [0, 0.1) is 0 Å². The first kappa shape index (κ1) is 27.2. The Bertz CT molecular complexity index is 1130. The zero-order chi connectivity index (χ0) is 25.3. The highest BCUT2D eigenvalue weighted by molar-refractivity contribution is 7.09. The number of thiophene rings is 1. The van der Waals surface area contributed by atoms with Gasteiger partial charge in [0.25, 0.3) is 5.56 Å². The van der Waals surface area contributed by atoms with Crippen molar-refractivity contribution in [3.8, 4) is 0 Å². The van der Waals surface area contributed by atoms with E-state index in [4.69, 9.17) is 0 Å². The molecule has 0 amide bonds. The van der Waals surface area contributed by atoms with Crippen molar-refractivity contribution in [2.45, 2.75) is 73.3 Å². The van der Waals surface area contributed by atoms with E-state index in [1.54, 1.807) is 22.0 Å². The number of nitrogens with one attached hydrogen (secondary N) is 2. The lowest BCUT2D eigenvalue weighted by Crippen LogP contribution is -2.41. The predicted molar refractivity (Wildman–Crippen MR) is 145 cm³/mol. The summed E-state index contributed by atoms with van der Waals surface area (Å²) in [6.45, 7) is 15.3. The van der Waals surface area contributed by atoms with E-state index in [1.807, 2.05) is 56.4 Å². The molecule has 3 heterocycles. The molecule has 9 heteroatoms. The average molecular weight is 487 g/mol. The van der Waals surface area contributed by atoms with Crippen LogP contribution in [-0.2, 0) is 19.6 Å². The van der Waals surface area contributed by atoms with Gasteiger partial charge in [0.2, 0.25) is 0 Å². The van der Waals surface area contributed by atoms with Crippen LogP contribution in [0.3, 0.4) is 0 Å². The summed E-state index contributed by atoms with van der Waals surface area (Å²) in [5.41, 5.74) is 0.860. The Kier molecular flexibility index (Phi) is 10.4. The van der Waals surface area contributed by atoms with E-state index >= 15 is 0 Å². The van der Waals surface area contributed by atoms with Crippen molar-refractivity contribution in [1.29, 1.82) is 0 Å². The molecule has 2 aromatic rings. The Morgan fingerprint density at radius 1 is 1.26 bits per heavy atom. The molecule has 0 saturated heterocycles. The van der Waals surface area contributed by atoms with E-state index in [-0.39, 0.29) is 17.4 Å². The zero-order valence-electron chi connectivity index (χ0n) is 21.2. The number of likely N-dealkylation sites (N-methyl/N-ethyl adjacent to an activating group) is 1. The van der Waals surface area contributed by atoms with Crippen LogP contribution < -0.4 is 26.8 Å². The molecule has 0 aromatic carbocycles. The van der Waals surface area contributed by atoms with Gasteiger partial charge in [-0.25, -0.2) is 4.79 Å². The molecule has 1 aliphatic rings. The SMILES string of the molecule is C=CC(=NCc1cccs1)N/C=C(\C)C1Nc2c(n(CCC)c(=O)n(CC)c2=O)N1C.CCC. The van der Waals surface area contributed by atoms with Crippen molar-refractivity contribution in [1.82, 2.24) is 14.5 Å². The van der Waals surface area contributed by atoms with Crippen LogP contribution in [0.1, 0.15) is 52.3 Å². The van der Waals surface area contributed by atoms with Crippen molar-refractivity contribution in [2.24, 2.45) is 4.99 Å². The second kappa shape index (κ2) is 13.0. The Morgan fingerprint density at radius 2 is 1.97 bits per heavy atom. The van der Waals surface area contributed by atoms with Gasteiger partial charge in [-0.15, -0.1) is 11.3 Å². The summed E-state index contributed by atoms with van der Waals surface area (Å²) in [5, 5.41) is 8.54. The third-order valence-corrected chi connectivity index (χ3v) is 6.08. The van der Waals surface area contributed by atoms with Crippen molar-refractivity contribution in [3.05, 3.63) is 67.7 Å². The molecule has 1 aliphatic heterocycles. The lowest BCUT2D eigenvalue weighted by atomic mass is 10.2. The van der Waals surface area contributed by atoms with Crippen LogP contribution in [0.15, 0.2) is 56.5 Å². The molecule has 0 saturated carbocycles. The molecule has 1 unspecified atom stereocenters. The van der Waals surface area contributed by atoms with E-state index in [1.165, 1.54) is 15.9 Å². The van der Waals surface area contributed by atoms with Gasteiger partial charge in [0, 0.05) is 31.2 Å². The molecule has 0 bridgehead atoms. The van der Waals surface area contributed by atoms with Gasteiger partial charge in [-0.2, -0.15) is 0 Å². The highest BCUT2D eigenvalue weighted by atomic mass is 32.1. The number of nitrogens with zero attached hydrogens (tertiary/aromatic N) is 4. The van der Waals surface area contributed by atoms with Crippen molar-refractivity contribution >= 4 is 28.7 Å². The summed E-state index contributed by atoms with van der Waals surface area (Å²) in [6, 6.07) is 4.05. The molecule has 2 N–H and O–H groups in total. The van der Waals surface area contributed by atoms with E-state index < -0.39 is 0 Å². The molecule has 0 spiro atoms. The molecule has 186 valence electrons. The first-order valence-corrected chi connectivity index (χ1v) is 12.7. The summed E-state index contributed by atoms with van der Waals surface area (Å²) in [5.74, 6) is 1.30. The van der Waals surface area contributed by atoms with Gasteiger partial charge in [-0.3, -0.25) is 18.9 Å². The van der Waals surface area contributed by atoms with Gasteiger partial charge in [0.15, 0.2) is 0 Å². The number of hydrogen-bond acceptors (Lipinski definition) is 6. The Labute approximate surface area is 206 Å². The maximum absolute atomic E-state index is 12.9. The molecule has 2 aromatic heterocycles. The normalized spacial score (nSPS) is 15.4. The van der Waals surface area contributed by atoms with E-state index in [0.717, 1.165) is 12.0 Å². The van der Waals surface area contributed by atoms with Crippen molar-refractivity contribution in [2.75, 3.05) is 17.3 Å². The van der Waals surface area contributed by atoms with Crippen LogP contribution >= 0.6 is 11.3 Å². The van der Waals surface area contributed by atoms with Gasteiger partial charge in [-0.1, -0.05) is 39.8 Å². The molecule has 34 heavy (non-hydrogen) atoms. The summed E-state index contributed by atoms with van der Waals surface area (Å²) < 4.78 is 2.97. The molecular weight excluding hydrogens is 448 g/mol. The highest BCUT2D eigenvalue weighted by Gasteiger charge is 2.33. The molecule has 0 aliphatic carbocycles. The molecule has 8 nitrogen and oxygen atoms in total. The maximum atomic E-state index is 12.9. The standard InChI is InChI=1S/C22H30N6O2S.C3H8/c1-6-11-28-20-18(21(29)27(8-3)22(28)30)25-19(26(20)5)15(4)13-23-17(7-2)24-14-16-10-9-12-31-16;1-3-2/h7,9-10,12-13,19,25H,2,6,8,11,14H2,1,3-5H3,(H,23,24);3H2,1-2H3/b15-13+;. The molecule has 0 radical (unpaired) electrons. The average Bonchev–Trinajstić information content (AvgIpc) is 3.46. The summed E-state index contributed by atoms with van der Waals surface area (Å²) in [4.78, 5) is 33.4. The number of anilines is 2. The van der Waals surface area contributed by atoms with Crippen LogP contribution in [0.4, 0.5) is 11.5 Å². The van der Waals surface area contributed by atoms with Gasteiger partial charge in [0.05, 0.1) is 6.54 Å². The summed E-state index contributed by atoms with van der Waals surface area (Å²) >= 11 is 1.66. The predicted octanol–water partition coefficient (Wildman–Crippen LogP) is 4.38. The van der Waals surface area contributed by atoms with Crippen molar-refractivity contribution < 1.29 is 0 Å². The topological polar surface area (TPSA) is 83.7 Å². The lowest BCUT2D eigenvalue weighted by molar-refractivity contribution is 0.565. The quantitative estimate of drug-likeness (QED) is 0.427. The van der Waals surface area contributed by atoms with Crippen LogP contribution in [0.5, 0.6) is 0 Å². The van der Waals surface area contributed by atoms with Gasteiger partial charge < -0.3 is 15.5 Å². The number of hydrogen-bond donors (Lipinski definition) is 2. The second-order valence-corrected chi connectivity index (χ2v) is 9.10. The van der Waals surface area contributed by atoms with Gasteiger partial charge in [0.1, 0.15) is 23.5 Å². The van der Waals surface area contributed by atoms with Gasteiger partial charge >= 0.3 is 5.69 Å². The summed E-state index contributed by atoms with van der Waals surface area (Å²) in [6.07, 6.45) is 5.33. The summed E-state index contributed by atoms with van der Waals surface area (Å²) in [7, 11) is 1.89. The monoisotopic (exact) mass is 486 g/mol. The van der Waals surface area contributed by atoms with Crippen LogP contribution in [0.2, 0.25) is 0 Å². The molecule has 3 rings (SSSR count). The molecule has 1 atom stereocenters. The van der Waals surface area contributed by atoms with Crippen LogP contribution in [0.25, 0.3) is 0 Å². The number of rotatable bonds is 8. The Morgan fingerprint density at radius 3 is 2.53 bits per heavy atom.